The second-order valence-corrected chi connectivity index (χ2v) is 9.00. The molecule has 8 heteroatoms. The number of nitrogens with zero attached hydrogens (tertiary/aromatic N) is 4. The number of ether oxygens (including phenoxy) is 1. The summed E-state index contributed by atoms with van der Waals surface area (Å²) in [5.41, 5.74) is 5.29. The molecule has 33 heavy (non-hydrogen) atoms. The minimum Gasteiger partial charge on any atom is -0.482 e. The van der Waals surface area contributed by atoms with Crippen LogP contribution in [-0.4, -0.2) is 31.8 Å². The molecule has 0 bridgehead atoms. The maximum atomic E-state index is 12.9. The fourth-order valence-electron chi connectivity index (χ4n) is 4.15. The number of hydrogen-bond donors (Lipinski definition) is 0. The summed E-state index contributed by atoms with van der Waals surface area (Å²) >= 11 is 12.1. The second kappa shape index (κ2) is 8.61. The number of carbonyl (C=O) groups is 1. The first-order valence-electron chi connectivity index (χ1n) is 10.6. The normalized spacial score (nSPS) is 12.8. The highest BCUT2D eigenvalue weighted by Crippen LogP contribution is 2.32. The molecule has 2 aromatic heterocycles. The molecular weight excluding hydrogens is 459 g/mol. The van der Waals surface area contributed by atoms with Crippen LogP contribution in [0.2, 0.25) is 10.0 Å². The molecule has 6 nitrogen and oxygen atoms in total. The van der Waals surface area contributed by atoms with Gasteiger partial charge in [0.15, 0.2) is 6.61 Å². The molecule has 1 aliphatic rings. The summed E-state index contributed by atoms with van der Waals surface area (Å²) in [5.74, 6) is 1.24. The fraction of sp³-hybridized carbons (Fsp3) is 0.200. The smallest absolute Gasteiger partial charge is 0.261 e. The Morgan fingerprint density at radius 2 is 1.85 bits per heavy atom. The van der Waals surface area contributed by atoms with Crippen LogP contribution in [0.5, 0.6) is 5.75 Å². The van der Waals surface area contributed by atoms with E-state index in [1.54, 1.807) is 23.1 Å². The molecule has 4 aromatic rings. The Balaban J connectivity index is 1.41. The predicted molar refractivity (Wildman–Crippen MR) is 129 cm³/mol. The van der Waals surface area contributed by atoms with Gasteiger partial charge in [-0.2, -0.15) is 5.10 Å². The number of carbonyl (C=O) groups excluding carboxylic acids is 1. The van der Waals surface area contributed by atoms with Crippen LogP contribution < -0.4 is 4.74 Å². The van der Waals surface area contributed by atoms with Gasteiger partial charge in [-0.05, 0) is 55.8 Å². The zero-order chi connectivity index (χ0) is 23.1. The van der Waals surface area contributed by atoms with Gasteiger partial charge in [-0.25, -0.2) is 4.68 Å². The Morgan fingerprint density at radius 3 is 2.58 bits per heavy atom. The molecule has 0 fully saturated rings. The molecule has 0 saturated heterocycles. The van der Waals surface area contributed by atoms with E-state index in [0.717, 1.165) is 28.3 Å². The van der Waals surface area contributed by atoms with E-state index < -0.39 is 0 Å². The van der Waals surface area contributed by atoms with Crippen molar-refractivity contribution in [2.24, 2.45) is 0 Å². The van der Waals surface area contributed by atoms with E-state index >= 15 is 0 Å². The van der Waals surface area contributed by atoms with E-state index in [4.69, 9.17) is 33.0 Å². The Morgan fingerprint density at radius 1 is 1.06 bits per heavy atom. The van der Waals surface area contributed by atoms with Gasteiger partial charge < -0.3 is 14.2 Å². The zero-order valence-electron chi connectivity index (χ0n) is 18.3. The molecule has 5 rings (SSSR count). The summed E-state index contributed by atoms with van der Waals surface area (Å²) in [5, 5.41) is 5.80. The van der Waals surface area contributed by atoms with Gasteiger partial charge in [0, 0.05) is 23.0 Å². The van der Waals surface area contributed by atoms with Crippen molar-refractivity contribution >= 4 is 29.1 Å². The number of aryl methyl sites for hydroxylation is 2. The molecule has 1 aliphatic heterocycles. The third-order valence-corrected chi connectivity index (χ3v) is 6.29. The minimum atomic E-state index is -0.129. The van der Waals surface area contributed by atoms with Crippen LogP contribution in [0.1, 0.15) is 22.4 Å². The SMILES string of the molecule is Cc1ccc(-n2nc3c(c2-n2cccc2)CN(C(=O)COc2ccc(Cl)cc2Cl)C3)c(C)c1. The first-order valence-corrected chi connectivity index (χ1v) is 11.3. The fourth-order valence-corrected chi connectivity index (χ4v) is 4.62. The molecule has 168 valence electrons. The minimum absolute atomic E-state index is 0.110. The molecule has 1 amide bonds. The second-order valence-electron chi connectivity index (χ2n) is 8.15. The lowest BCUT2D eigenvalue weighted by Gasteiger charge is -2.18. The Kier molecular flexibility index (Phi) is 5.64. The molecule has 0 aliphatic carbocycles. The summed E-state index contributed by atoms with van der Waals surface area (Å²) in [7, 11) is 0. The molecule has 0 N–H and O–H groups in total. The van der Waals surface area contributed by atoms with Crippen LogP contribution in [0.25, 0.3) is 11.5 Å². The van der Waals surface area contributed by atoms with Crippen LogP contribution >= 0.6 is 23.2 Å². The first-order chi connectivity index (χ1) is 15.9. The molecule has 0 atom stereocenters. The summed E-state index contributed by atoms with van der Waals surface area (Å²) in [4.78, 5) is 14.6. The zero-order valence-corrected chi connectivity index (χ0v) is 19.8. The van der Waals surface area contributed by atoms with Crippen LogP contribution in [0.15, 0.2) is 60.9 Å². The van der Waals surface area contributed by atoms with Crippen LogP contribution in [0.3, 0.4) is 0 Å². The van der Waals surface area contributed by atoms with E-state index in [9.17, 15) is 4.79 Å². The van der Waals surface area contributed by atoms with Gasteiger partial charge in [0.05, 0.1) is 29.5 Å². The van der Waals surface area contributed by atoms with Crippen molar-refractivity contribution in [3.05, 3.63) is 93.4 Å². The quantitative estimate of drug-likeness (QED) is 0.378. The van der Waals surface area contributed by atoms with Crippen molar-refractivity contribution in [1.82, 2.24) is 19.2 Å². The molecule has 0 saturated carbocycles. The summed E-state index contributed by atoms with van der Waals surface area (Å²) in [6.07, 6.45) is 3.99. The van der Waals surface area contributed by atoms with E-state index in [1.807, 2.05) is 33.8 Å². The number of fused-ring (bicyclic) bond motifs is 1. The van der Waals surface area contributed by atoms with Crippen molar-refractivity contribution in [2.75, 3.05) is 6.61 Å². The lowest BCUT2D eigenvalue weighted by Crippen LogP contribution is -2.31. The average Bonchev–Trinajstić information content (AvgIpc) is 3.49. The lowest BCUT2D eigenvalue weighted by molar-refractivity contribution is -0.134. The first kappa shape index (κ1) is 21.6. The largest absolute Gasteiger partial charge is 0.482 e. The number of hydrogen-bond acceptors (Lipinski definition) is 3. The van der Waals surface area contributed by atoms with Crippen LogP contribution in [-0.2, 0) is 17.9 Å². The van der Waals surface area contributed by atoms with E-state index in [0.29, 0.717) is 28.9 Å². The number of amides is 1. The third-order valence-electron chi connectivity index (χ3n) is 5.76. The van der Waals surface area contributed by atoms with Crippen molar-refractivity contribution in [2.45, 2.75) is 26.9 Å². The van der Waals surface area contributed by atoms with Gasteiger partial charge in [-0.1, -0.05) is 40.9 Å². The summed E-state index contributed by atoms with van der Waals surface area (Å²) < 4.78 is 9.67. The Hall–Kier alpha value is -3.22. The van der Waals surface area contributed by atoms with Crippen LogP contribution in [0, 0.1) is 13.8 Å². The predicted octanol–water partition coefficient (Wildman–Crippen LogP) is 5.51. The van der Waals surface area contributed by atoms with Crippen molar-refractivity contribution < 1.29 is 9.53 Å². The number of rotatable bonds is 5. The Bertz CT molecular complexity index is 1340. The van der Waals surface area contributed by atoms with E-state index in [-0.39, 0.29) is 12.5 Å². The molecule has 0 unspecified atom stereocenters. The number of benzene rings is 2. The highest BCUT2D eigenvalue weighted by atomic mass is 35.5. The van der Waals surface area contributed by atoms with Gasteiger partial charge in [0.25, 0.3) is 5.91 Å². The molecule has 2 aromatic carbocycles. The van der Waals surface area contributed by atoms with Gasteiger partial charge in [0.1, 0.15) is 11.6 Å². The summed E-state index contributed by atoms with van der Waals surface area (Å²) in [6, 6.07) is 15.2. The van der Waals surface area contributed by atoms with Crippen molar-refractivity contribution in [1.29, 1.82) is 0 Å². The monoisotopic (exact) mass is 480 g/mol. The van der Waals surface area contributed by atoms with Crippen molar-refractivity contribution in [3.8, 4) is 17.3 Å². The molecule has 0 spiro atoms. The lowest BCUT2D eigenvalue weighted by atomic mass is 10.1. The molecular formula is C25H22Cl2N4O2. The number of halogens is 2. The number of aromatic nitrogens is 3. The van der Waals surface area contributed by atoms with E-state index in [2.05, 4.69) is 32.0 Å². The Labute approximate surface area is 201 Å². The van der Waals surface area contributed by atoms with E-state index in [1.165, 1.54) is 5.56 Å². The van der Waals surface area contributed by atoms with Gasteiger partial charge in [-0.3, -0.25) is 4.79 Å². The highest BCUT2D eigenvalue weighted by molar-refractivity contribution is 6.35. The van der Waals surface area contributed by atoms with Crippen LogP contribution in [0.4, 0.5) is 0 Å². The van der Waals surface area contributed by atoms with Gasteiger partial charge >= 0.3 is 0 Å². The molecule has 0 radical (unpaired) electrons. The van der Waals surface area contributed by atoms with Gasteiger partial charge in [-0.15, -0.1) is 0 Å². The maximum Gasteiger partial charge on any atom is 0.261 e. The molecule has 3 heterocycles. The van der Waals surface area contributed by atoms with Gasteiger partial charge in [0.2, 0.25) is 0 Å². The average molecular weight is 481 g/mol. The summed E-state index contributed by atoms with van der Waals surface area (Å²) in [6.45, 7) is 4.95. The topological polar surface area (TPSA) is 52.3 Å². The third kappa shape index (κ3) is 4.12. The standard InChI is InChI=1S/C25H22Cl2N4O2/c1-16-5-7-22(17(2)11-16)31-25(29-9-3-4-10-29)19-13-30(14-21(19)28-31)24(32)15-33-23-8-6-18(26)12-20(23)27/h3-12H,13-15H2,1-2H3. The highest BCUT2D eigenvalue weighted by Gasteiger charge is 2.31. The van der Waals surface area contributed by atoms with Crippen molar-refractivity contribution in [3.63, 3.8) is 0 Å². The maximum absolute atomic E-state index is 12.9.